The van der Waals surface area contributed by atoms with Crippen LogP contribution in [0.2, 0.25) is 0 Å². The van der Waals surface area contributed by atoms with Crippen molar-refractivity contribution in [2.75, 3.05) is 6.61 Å². The van der Waals surface area contributed by atoms with Crippen molar-refractivity contribution in [3.8, 4) is 5.75 Å². The Morgan fingerprint density at radius 1 is 1.05 bits per heavy atom. The number of hydrogen-bond acceptors (Lipinski definition) is 6. The van der Waals surface area contributed by atoms with Gasteiger partial charge in [-0.2, -0.15) is 0 Å². The molecule has 20 heavy (non-hydrogen) atoms. The second-order valence-corrected chi connectivity index (χ2v) is 6.94. The number of ether oxygens (including phenoxy) is 1. The Morgan fingerprint density at radius 3 is 2.05 bits per heavy atom. The molecule has 0 atom stereocenters. The van der Waals surface area contributed by atoms with Gasteiger partial charge in [0.2, 0.25) is 0 Å². The van der Waals surface area contributed by atoms with Crippen molar-refractivity contribution in [2.45, 2.75) is 0 Å². The maximum atomic E-state index is 9.53. The molecule has 1 heterocycles. The summed E-state index contributed by atoms with van der Waals surface area (Å²) >= 11 is -11.5. The Hall–Kier alpha value is -0.0951. The van der Waals surface area contributed by atoms with E-state index in [2.05, 4.69) is 8.92 Å². The molecular formula is C9H11Cr2NaO8. The zero-order chi connectivity index (χ0) is 14.5. The summed E-state index contributed by atoms with van der Waals surface area (Å²) in [4.78, 5) is 0. The van der Waals surface area contributed by atoms with Crippen LogP contribution in [-0.4, -0.2) is 44.5 Å². The molecule has 0 saturated heterocycles. The van der Waals surface area contributed by atoms with Gasteiger partial charge in [0.15, 0.2) is 0 Å². The normalized spacial score (nSPS) is 13.1. The van der Waals surface area contributed by atoms with Gasteiger partial charge < -0.3 is 4.74 Å². The molecule has 0 aliphatic carbocycles. The Morgan fingerprint density at radius 2 is 1.60 bits per heavy atom. The molecule has 0 fully saturated rings. The first-order valence-electron chi connectivity index (χ1n) is 4.72. The molecule has 0 radical (unpaired) electrons. The molecule has 0 unspecified atom stereocenters. The monoisotopic (exact) mass is 374 g/mol. The zero-order valence-corrected chi connectivity index (χ0v) is 11.9. The summed E-state index contributed by atoms with van der Waals surface area (Å²) in [6.45, 7) is 0.705. The summed E-state index contributed by atoms with van der Waals surface area (Å²) in [5, 5.41) is 0. The van der Waals surface area contributed by atoms with Crippen LogP contribution < -0.4 is 4.74 Å². The van der Waals surface area contributed by atoms with E-state index in [1.54, 1.807) is 0 Å². The fourth-order valence-electron chi connectivity index (χ4n) is 1.17. The number of fused-ring (bicyclic) bond motifs is 1. The first kappa shape index (κ1) is 19.9. The third kappa shape index (κ3) is 8.95. The van der Waals surface area contributed by atoms with E-state index in [0.29, 0.717) is 6.61 Å². The van der Waals surface area contributed by atoms with Crippen LogP contribution in [0.1, 0.15) is 5.56 Å². The van der Waals surface area contributed by atoms with Crippen LogP contribution in [0.25, 0.3) is 6.08 Å². The van der Waals surface area contributed by atoms with Gasteiger partial charge in [0, 0.05) is 5.56 Å². The molecule has 0 spiro atoms. The van der Waals surface area contributed by atoms with Crippen LogP contribution in [-0.2, 0) is 45.3 Å². The summed E-state index contributed by atoms with van der Waals surface area (Å²) in [6, 6.07) is 8.03. The van der Waals surface area contributed by atoms with Crippen LogP contribution >= 0.6 is 0 Å². The molecule has 1 aromatic carbocycles. The quantitative estimate of drug-likeness (QED) is 0.681. The Kier molecular flexibility index (Phi) is 8.33. The molecule has 0 saturated carbocycles. The number of hydrogen-bond donors (Lipinski definition) is 2. The topological polar surface area (TPSA) is 127 Å². The van der Waals surface area contributed by atoms with Crippen molar-refractivity contribution in [3.05, 3.63) is 35.9 Å². The average Bonchev–Trinajstić information content (AvgIpc) is 2.25. The molecular weight excluding hydrogens is 363 g/mol. The Bertz CT molecular complexity index is 635. The second kappa shape index (κ2) is 8.37. The van der Waals surface area contributed by atoms with E-state index in [1.807, 2.05) is 30.3 Å². The van der Waals surface area contributed by atoms with Crippen LogP contribution in [0.4, 0.5) is 0 Å². The average molecular weight is 374 g/mol. The van der Waals surface area contributed by atoms with Crippen LogP contribution in [0.5, 0.6) is 5.75 Å². The molecule has 108 valence electrons. The van der Waals surface area contributed by atoms with E-state index >= 15 is 0 Å². The van der Waals surface area contributed by atoms with E-state index < -0.39 is 27.2 Å². The minimum atomic E-state index is -5.76. The van der Waals surface area contributed by atoms with E-state index in [9.17, 15) is 15.2 Å². The summed E-state index contributed by atoms with van der Waals surface area (Å²) < 4.78 is 61.6. The van der Waals surface area contributed by atoms with Gasteiger partial charge >= 0.3 is 83.2 Å². The van der Waals surface area contributed by atoms with Crippen molar-refractivity contribution >= 4 is 35.6 Å². The fourth-order valence-corrected chi connectivity index (χ4v) is 2.91. The maximum absolute atomic E-state index is 9.53. The van der Waals surface area contributed by atoms with Crippen molar-refractivity contribution < 1.29 is 58.3 Å². The van der Waals surface area contributed by atoms with Crippen LogP contribution in [0.15, 0.2) is 30.3 Å². The van der Waals surface area contributed by atoms with Gasteiger partial charge in [0.05, 0.1) is 0 Å². The van der Waals surface area contributed by atoms with E-state index in [1.165, 1.54) is 5.56 Å². The summed E-state index contributed by atoms with van der Waals surface area (Å²) in [7, 11) is 0. The van der Waals surface area contributed by atoms with Gasteiger partial charge in [-0.25, -0.2) is 0 Å². The molecule has 1 aliphatic heterocycles. The molecule has 11 heteroatoms. The third-order valence-corrected chi connectivity index (χ3v) is 4.47. The third-order valence-electron chi connectivity index (χ3n) is 1.72. The molecule has 0 bridgehead atoms. The first-order valence-corrected chi connectivity index (χ1v) is 8.98. The fraction of sp³-hybridized carbons (Fsp3) is 0.111. The standard InChI is InChI=1S/C9H8O.2Cr.Na.2H2O.5O.H/c1-2-6-9-8(4-1)5-3-7-10-9;;;;;;;;;;;/h1-6H,7H2;;;;2*1H2;;;;;;/q;2*+1;;;;;;;;;/p-2. The molecule has 1 aromatic rings. The zero-order valence-electron chi connectivity index (χ0n) is 9.33. The van der Waals surface area contributed by atoms with Crippen molar-refractivity contribution in [1.82, 2.24) is 0 Å². The van der Waals surface area contributed by atoms with E-state index in [0.717, 1.165) is 5.75 Å². The minimum absolute atomic E-state index is 0. The molecule has 0 amide bonds. The van der Waals surface area contributed by atoms with Gasteiger partial charge in [0.25, 0.3) is 0 Å². The summed E-state index contributed by atoms with van der Waals surface area (Å²) in [5.41, 5.74) is 1.17. The number of benzene rings is 1. The molecule has 2 rings (SSSR count). The predicted octanol–water partition coefficient (Wildman–Crippen LogP) is -0.219. The summed E-state index contributed by atoms with van der Waals surface area (Å²) in [6.07, 6.45) is 4.10. The van der Waals surface area contributed by atoms with Gasteiger partial charge in [-0.15, -0.1) is 0 Å². The van der Waals surface area contributed by atoms with Crippen LogP contribution in [0.3, 0.4) is 0 Å². The van der Waals surface area contributed by atoms with Gasteiger partial charge in [-0.3, -0.25) is 0 Å². The number of rotatable bonds is 2. The Balaban J connectivity index is 0.000000347. The molecule has 8 nitrogen and oxygen atoms in total. The molecule has 1 aliphatic rings. The van der Waals surface area contributed by atoms with Gasteiger partial charge in [-0.05, 0) is 12.1 Å². The van der Waals surface area contributed by atoms with E-state index in [4.69, 9.17) is 13.1 Å². The predicted molar refractivity (Wildman–Crippen MR) is 56.4 cm³/mol. The van der Waals surface area contributed by atoms with Gasteiger partial charge in [-0.1, -0.05) is 24.3 Å². The second-order valence-electron chi connectivity index (χ2n) is 3.17. The van der Waals surface area contributed by atoms with Gasteiger partial charge in [0.1, 0.15) is 12.4 Å². The SMILES string of the molecule is C1=Cc2ccccc2OC1.[NaH].[O]=[Cr](=[O])([OH])[O][Cr](=[O])(=[O])[OH]. The van der Waals surface area contributed by atoms with Crippen LogP contribution in [0, 0.1) is 0 Å². The molecule has 0 aromatic heterocycles. The Labute approximate surface area is 141 Å². The summed E-state index contributed by atoms with van der Waals surface area (Å²) in [5.74, 6) is 0.991. The van der Waals surface area contributed by atoms with Crippen molar-refractivity contribution in [2.24, 2.45) is 0 Å². The van der Waals surface area contributed by atoms with Crippen molar-refractivity contribution in [1.29, 1.82) is 0 Å². The molecule has 2 N–H and O–H groups in total. The first-order chi connectivity index (χ1) is 8.67. The number of para-hydroxylation sites is 1. The van der Waals surface area contributed by atoms with E-state index in [-0.39, 0.29) is 29.6 Å². The van der Waals surface area contributed by atoms with Crippen molar-refractivity contribution in [3.63, 3.8) is 0 Å².